The van der Waals surface area contributed by atoms with Gasteiger partial charge < -0.3 is 10.9 Å². The fraction of sp³-hybridized carbons (Fsp3) is 0.773. The van der Waals surface area contributed by atoms with Crippen LogP contribution in [0.3, 0.4) is 0 Å². The molecule has 1 aromatic heterocycles. The van der Waals surface area contributed by atoms with Gasteiger partial charge in [-0.15, -0.1) is 0 Å². The summed E-state index contributed by atoms with van der Waals surface area (Å²) in [4.78, 5) is 0. The minimum Gasteiger partial charge on any atom is -1.00 e. The van der Waals surface area contributed by atoms with E-state index in [0.29, 0.717) is 26.2 Å². The molecule has 30 heavy (non-hydrogen) atoms. The molecule has 0 saturated heterocycles. The van der Waals surface area contributed by atoms with Gasteiger partial charge in [-0.2, -0.15) is 8.42 Å². The summed E-state index contributed by atoms with van der Waals surface area (Å²) in [6.07, 6.45) is 13.3. The monoisotopic (exact) mass is 454 g/mol. The van der Waals surface area contributed by atoms with Gasteiger partial charge in [0.15, 0.2) is 18.2 Å². The maximum atomic E-state index is 10.9. The summed E-state index contributed by atoms with van der Waals surface area (Å²) in [5.74, 6) is -1.02. The summed E-state index contributed by atoms with van der Waals surface area (Å²) >= 11 is 0. The third-order valence-electron chi connectivity index (χ3n) is 4.98. The molecule has 0 atom stereocenters. The molecular formula is C22H41NNaO5S+. The van der Waals surface area contributed by atoms with Gasteiger partial charge in [0.2, 0.25) is 0 Å². The van der Waals surface area contributed by atoms with Crippen molar-refractivity contribution in [1.29, 1.82) is 0 Å². The Kier molecular flexibility index (Phi) is 16.6. The Balaban J connectivity index is 0. The molecule has 0 aliphatic carbocycles. The van der Waals surface area contributed by atoms with Crippen LogP contribution in [0.25, 0.3) is 0 Å². The maximum Gasteiger partial charge on any atom is 1.00 e. The van der Waals surface area contributed by atoms with E-state index in [9.17, 15) is 8.42 Å². The average molecular weight is 455 g/mol. The second kappa shape index (κ2) is 16.6. The Labute approximate surface area is 207 Å². The molecule has 0 unspecified atom stereocenters. The molecule has 0 fully saturated rings. The largest absolute Gasteiger partial charge is 1.00 e. The van der Waals surface area contributed by atoms with Crippen LogP contribution in [0.5, 0.6) is 0 Å². The summed E-state index contributed by atoms with van der Waals surface area (Å²) in [7, 11) is -3.91. The summed E-state index contributed by atoms with van der Waals surface area (Å²) in [6, 6.07) is 3.93. The predicted octanol–water partition coefficient (Wildman–Crippen LogP) is 1.74. The molecule has 0 aromatic carbocycles. The summed E-state index contributed by atoms with van der Waals surface area (Å²) < 4.78 is 44.8. The van der Waals surface area contributed by atoms with Crippen LogP contribution in [0.2, 0.25) is 0 Å². The van der Waals surface area contributed by atoms with Gasteiger partial charge in [0.25, 0.3) is 10.1 Å². The average Bonchev–Trinajstić information content (AvgIpc) is 2.67. The van der Waals surface area contributed by atoms with Crippen LogP contribution in [0.4, 0.5) is 0 Å². The Morgan fingerprint density at radius 3 is 1.87 bits per heavy atom. The van der Waals surface area contributed by atoms with Crippen LogP contribution in [0.15, 0.2) is 24.5 Å². The molecule has 0 aliphatic rings. The van der Waals surface area contributed by atoms with E-state index < -0.39 is 15.9 Å². The van der Waals surface area contributed by atoms with Crippen molar-refractivity contribution in [2.24, 2.45) is 0 Å². The SMILES string of the molecule is CCCCCCOC(C)(OCCCCCC)c1cc[n+](CCCS(=O)(=O)O)cc1.[H-].[Na+]. The molecule has 0 radical (unpaired) electrons. The molecule has 1 rings (SSSR count). The fourth-order valence-electron chi connectivity index (χ4n) is 3.14. The summed E-state index contributed by atoms with van der Waals surface area (Å²) in [5, 5.41) is 0. The van der Waals surface area contributed by atoms with Gasteiger partial charge in [0.05, 0.1) is 19.0 Å². The number of nitrogens with zero attached hydrogens (tertiary/aromatic N) is 1. The molecule has 0 amide bonds. The standard InChI is InChI=1S/C22H39NO5S.Na.H/c1-4-6-8-10-18-27-22(3,28-19-11-9-7-5-2)21-13-16-23(17-14-21)15-12-20-29(24,25)26;;/h13-14,16-17H,4-12,15,18-20H2,1-3H3;;/q;+1;-1/p+1. The fourth-order valence-corrected chi connectivity index (χ4v) is 3.63. The van der Waals surface area contributed by atoms with Crippen molar-refractivity contribution >= 4 is 10.1 Å². The van der Waals surface area contributed by atoms with E-state index in [2.05, 4.69) is 13.8 Å². The summed E-state index contributed by atoms with van der Waals surface area (Å²) in [6.45, 7) is 8.21. The van der Waals surface area contributed by atoms with Gasteiger partial charge in [-0.3, -0.25) is 4.55 Å². The number of aryl methyl sites for hydroxylation is 1. The number of ether oxygens (including phenoxy) is 2. The zero-order valence-electron chi connectivity index (χ0n) is 20.4. The van der Waals surface area contributed by atoms with Gasteiger partial charge in [-0.25, -0.2) is 4.57 Å². The third-order valence-corrected chi connectivity index (χ3v) is 5.79. The molecular weight excluding hydrogens is 413 g/mol. The molecule has 0 bridgehead atoms. The van der Waals surface area contributed by atoms with Crippen molar-refractivity contribution < 1.29 is 58.0 Å². The van der Waals surface area contributed by atoms with Gasteiger partial charge >= 0.3 is 29.6 Å². The normalized spacial score (nSPS) is 12.0. The van der Waals surface area contributed by atoms with Crippen molar-refractivity contribution in [3.8, 4) is 0 Å². The number of aromatic nitrogens is 1. The number of pyridine rings is 1. The molecule has 0 aliphatic heterocycles. The van der Waals surface area contributed by atoms with Crippen molar-refractivity contribution in [1.82, 2.24) is 0 Å². The topological polar surface area (TPSA) is 76.7 Å². The van der Waals surface area contributed by atoms with Crippen LogP contribution in [-0.2, 0) is 31.9 Å². The van der Waals surface area contributed by atoms with Gasteiger partial charge in [-0.05, 0) is 19.8 Å². The minimum absolute atomic E-state index is 0. The smallest absolute Gasteiger partial charge is 1.00 e. The van der Waals surface area contributed by atoms with Crippen LogP contribution in [0, 0.1) is 0 Å². The molecule has 170 valence electrons. The van der Waals surface area contributed by atoms with E-state index in [1.807, 2.05) is 36.0 Å². The zero-order chi connectivity index (χ0) is 21.6. The quantitative estimate of drug-likeness (QED) is 0.128. The van der Waals surface area contributed by atoms with Crippen LogP contribution in [0.1, 0.15) is 85.5 Å². The van der Waals surface area contributed by atoms with Crippen LogP contribution < -0.4 is 34.1 Å². The molecule has 1 heterocycles. The Bertz CT molecular complexity index is 644. The second-order valence-corrected chi connectivity index (χ2v) is 9.30. The van der Waals surface area contributed by atoms with E-state index in [-0.39, 0.29) is 36.7 Å². The molecule has 8 heteroatoms. The molecule has 0 spiro atoms. The third kappa shape index (κ3) is 13.4. The maximum absolute atomic E-state index is 10.9. The van der Waals surface area contributed by atoms with Crippen LogP contribution >= 0.6 is 0 Å². The molecule has 0 saturated carbocycles. The Morgan fingerprint density at radius 2 is 1.43 bits per heavy atom. The van der Waals surface area contributed by atoms with Crippen molar-refractivity contribution in [3.05, 3.63) is 30.1 Å². The van der Waals surface area contributed by atoms with E-state index in [1.165, 1.54) is 25.7 Å². The zero-order valence-corrected chi connectivity index (χ0v) is 22.3. The Morgan fingerprint density at radius 1 is 0.933 bits per heavy atom. The molecule has 1 N–H and O–H groups in total. The predicted molar refractivity (Wildman–Crippen MR) is 116 cm³/mol. The second-order valence-electron chi connectivity index (χ2n) is 7.73. The van der Waals surface area contributed by atoms with Gasteiger partial charge in [0.1, 0.15) is 6.54 Å². The van der Waals surface area contributed by atoms with Gasteiger partial charge in [-0.1, -0.05) is 52.4 Å². The molecule has 1 aromatic rings. The first-order valence-electron chi connectivity index (χ1n) is 11.0. The van der Waals surface area contributed by atoms with Crippen LogP contribution in [-0.4, -0.2) is 31.9 Å². The van der Waals surface area contributed by atoms with E-state index in [0.717, 1.165) is 31.2 Å². The first-order chi connectivity index (χ1) is 13.8. The van der Waals surface area contributed by atoms with Crippen molar-refractivity contribution in [2.45, 2.75) is 90.9 Å². The first kappa shape index (κ1) is 30.0. The molecule has 6 nitrogen and oxygen atoms in total. The number of unbranched alkanes of at least 4 members (excludes halogenated alkanes) is 6. The Hall–Kier alpha value is -0.0200. The number of rotatable bonds is 17. The van der Waals surface area contributed by atoms with Crippen molar-refractivity contribution in [3.63, 3.8) is 0 Å². The van der Waals surface area contributed by atoms with Gasteiger partial charge in [0, 0.05) is 24.1 Å². The summed E-state index contributed by atoms with van der Waals surface area (Å²) in [5.41, 5.74) is 0.953. The van der Waals surface area contributed by atoms with E-state index in [1.54, 1.807) is 0 Å². The van der Waals surface area contributed by atoms with E-state index in [4.69, 9.17) is 14.0 Å². The minimum atomic E-state index is -3.91. The van der Waals surface area contributed by atoms with E-state index >= 15 is 0 Å². The number of hydrogen-bond donors (Lipinski definition) is 1. The number of hydrogen-bond acceptors (Lipinski definition) is 4. The first-order valence-corrected chi connectivity index (χ1v) is 12.6. The van der Waals surface area contributed by atoms with Crippen molar-refractivity contribution in [2.75, 3.05) is 19.0 Å².